The van der Waals surface area contributed by atoms with Crippen LogP contribution in [-0.4, -0.2) is 9.97 Å². The summed E-state index contributed by atoms with van der Waals surface area (Å²) in [5.74, 6) is 1.08. The Labute approximate surface area is 121 Å². The Bertz CT molecular complexity index is 543. The van der Waals surface area contributed by atoms with Gasteiger partial charge in [-0.25, -0.2) is 9.97 Å². The lowest BCUT2D eigenvalue weighted by molar-refractivity contribution is 0.290. The number of nitrogen functional groups attached to an aromatic ring is 1. The maximum absolute atomic E-state index is 5.86. The quantitative estimate of drug-likeness (QED) is 0.917. The minimum absolute atomic E-state index is 0.473. The molecule has 0 aliphatic carbocycles. The molecule has 0 atom stereocenters. The molecule has 19 heavy (non-hydrogen) atoms. The summed E-state index contributed by atoms with van der Waals surface area (Å²) in [7, 11) is 0. The molecule has 1 heterocycles. The lowest BCUT2D eigenvalue weighted by Crippen LogP contribution is -2.05. The molecule has 0 saturated heterocycles. The largest absolute Gasteiger partial charge is 0.472 e. The van der Waals surface area contributed by atoms with Crippen molar-refractivity contribution in [1.82, 2.24) is 9.97 Å². The van der Waals surface area contributed by atoms with Gasteiger partial charge in [-0.1, -0.05) is 41.4 Å². The van der Waals surface area contributed by atoms with Gasteiger partial charge < -0.3 is 10.5 Å². The van der Waals surface area contributed by atoms with E-state index in [9.17, 15) is 0 Å². The van der Waals surface area contributed by atoms with Gasteiger partial charge in [0.1, 0.15) is 18.8 Å². The molecule has 0 aliphatic heterocycles. The van der Waals surface area contributed by atoms with E-state index in [2.05, 4.69) is 32.8 Å². The van der Waals surface area contributed by atoms with Crippen molar-refractivity contribution in [1.29, 1.82) is 0 Å². The Morgan fingerprint density at radius 1 is 1.21 bits per heavy atom. The molecule has 5 heteroatoms. The fourth-order valence-corrected chi connectivity index (χ4v) is 2.01. The first-order chi connectivity index (χ1) is 9.20. The van der Waals surface area contributed by atoms with Gasteiger partial charge in [0.15, 0.2) is 0 Å². The van der Waals surface area contributed by atoms with E-state index in [1.54, 1.807) is 0 Å². The van der Waals surface area contributed by atoms with Gasteiger partial charge in [-0.15, -0.1) is 0 Å². The van der Waals surface area contributed by atoms with E-state index in [0.29, 0.717) is 18.3 Å². The molecule has 0 amide bonds. The summed E-state index contributed by atoms with van der Waals surface area (Å²) in [6.45, 7) is 2.56. The van der Waals surface area contributed by atoms with Gasteiger partial charge in [-0.3, -0.25) is 0 Å². The zero-order valence-corrected chi connectivity index (χ0v) is 12.4. The van der Waals surface area contributed by atoms with E-state index in [4.69, 9.17) is 10.5 Å². The number of anilines is 1. The zero-order chi connectivity index (χ0) is 13.7. The number of halogens is 1. The number of benzene rings is 1. The van der Waals surface area contributed by atoms with Crippen LogP contribution in [0.1, 0.15) is 24.5 Å². The molecular weight excluding hydrogens is 306 g/mol. The molecule has 2 aromatic rings. The fourth-order valence-electron chi connectivity index (χ4n) is 1.75. The zero-order valence-electron chi connectivity index (χ0n) is 10.8. The highest BCUT2D eigenvalue weighted by molar-refractivity contribution is 9.10. The van der Waals surface area contributed by atoms with Gasteiger partial charge in [-0.2, -0.15) is 0 Å². The topological polar surface area (TPSA) is 61.0 Å². The van der Waals surface area contributed by atoms with Crippen molar-refractivity contribution in [2.75, 3.05) is 5.73 Å². The van der Waals surface area contributed by atoms with Crippen LogP contribution < -0.4 is 10.5 Å². The van der Waals surface area contributed by atoms with Crippen LogP contribution in [0.3, 0.4) is 0 Å². The Morgan fingerprint density at radius 3 is 2.63 bits per heavy atom. The molecule has 0 bridgehead atoms. The average molecular weight is 322 g/mol. The van der Waals surface area contributed by atoms with Gasteiger partial charge in [-0.05, 0) is 24.1 Å². The second kappa shape index (κ2) is 6.52. The molecule has 1 aromatic carbocycles. The number of nitrogens with two attached hydrogens (primary N) is 1. The number of ether oxygens (including phenoxy) is 1. The second-order valence-corrected chi connectivity index (χ2v) is 5.12. The molecule has 1 aromatic heterocycles. The van der Waals surface area contributed by atoms with Crippen LogP contribution in [0, 0.1) is 0 Å². The Hall–Kier alpha value is -1.62. The normalized spacial score (nSPS) is 10.4. The van der Waals surface area contributed by atoms with E-state index < -0.39 is 0 Å². The van der Waals surface area contributed by atoms with Crippen molar-refractivity contribution < 1.29 is 4.74 Å². The summed E-state index contributed by atoms with van der Waals surface area (Å²) in [4.78, 5) is 8.17. The van der Waals surface area contributed by atoms with Crippen molar-refractivity contribution in [3.63, 3.8) is 0 Å². The van der Waals surface area contributed by atoms with Crippen LogP contribution in [0.4, 0.5) is 5.82 Å². The van der Waals surface area contributed by atoms with Crippen LogP contribution in [0.2, 0.25) is 0 Å². The number of rotatable bonds is 5. The van der Waals surface area contributed by atoms with Crippen LogP contribution in [0.15, 0.2) is 35.1 Å². The predicted molar refractivity (Wildman–Crippen MR) is 78.9 cm³/mol. The third-order valence-corrected chi connectivity index (χ3v) is 3.26. The van der Waals surface area contributed by atoms with E-state index in [-0.39, 0.29) is 0 Å². The molecule has 100 valence electrons. The van der Waals surface area contributed by atoms with Crippen molar-refractivity contribution in [3.05, 3.63) is 46.2 Å². The van der Waals surface area contributed by atoms with Crippen LogP contribution in [0.25, 0.3) is 0 Å². The van der Waals surface area contributed by atoms with Crippen molar-refractivity contribution in [3.8, 4) is 5.88 Å². The number of nitrogens with zero attached hydrogens (tertiary/aromatic N) is 2. The van der Waals surface area contributed by atoms with Crippen molar-refractivity contribution >= 4 is 21.7 Å². The highest BCUT2D eigenvalue weighted by atomic mass is 79.9. The molecule has 0 fully saturated rings. The number of hydrogen-bond acceptors (Lipinski definition) is 4. The molecule has 4 nitrogen and oxygen atoms in total. The second-order valence-electron chi connectivity index (χ2n) is 4.21. The first kappa shape index (κ1) is 13.8. The minimum atomic E-state index is 0.473. The standard InChI is InChI=1S/C14H16BrN3O/c1-2-3-12-13(16)17-9-18-14(12)19-8-10-4-6-11(15)7-5-10/h4-7,9H,2-3,8H2,1H3,(H2,16,17,18). The molecule has 2 rings (SSSR count). The predicted octanol–water partition coefficient (Wildman–Crippen LogP) is 3.35. The van der Waals surface area contributed by atoms with Crippen LogP contribution >= 0.6 is 15.9 Å². The third kappa shape index (κ3) is 3.67. The van der Waals surface area contributed by atoms with Crippen molar-refractivity contribution in [2.45, 2.75) is 26.4 Å². The average Bonchev–Trinajstić information content (AvgIpc) is 2.41. The van der Waals surface area contributed by atoms with E-state index >= 15 is 0 Å². The SMILES string of the molecule is CCCc1c(N)ncnc1OCc1ccc(Br)cc1. The number of hydrogen-bond donors (Lipinski definition) is 1. The van der Waals surface area contributed by atoms with E-state index in [0.717, 1.165) is 28.4 Å². The lowest BCUT2D eigenvalue weighted by Gasteiger charge is -2.11. The number of aromatic nitrogens is 2. The van der Waals surface area contributed by atoms with Crippen molar-refractivity contribution in [2.24, 2.45) is 0 Å². The van der Waals surface area contributed by atoms with Gasteiger partial charge in [0, 0.05) is 4.47 Å². The molecule has 0 unspecified atom stereocenters. The Kier molecular flexibility index (Phi) is 4.74. The molecule has 0 spiro atoms. The fraction of sp³-hybridized carbons (Fsp3) is 0.286. The molecule has 0 radical (unpaired) electrons. The highest BCUT2D eigenvalue weighted by Gasteiger charge is 2.09. The molecular formula is C14H16BrN3O. The Balaban J connectivity index is 2.10. The lowest BCUT2D eigenvalue weighted by atomic mass is 10.2. The first-order valence-electron chi connectivity index (χ1n) is 6.17. The first-order valence-corrected chi connectivity index (χ1v) is 6.96. The summed E-state index contributed by atoms with van der Waals surface area (Å²) in [6.07, 6.45) is 3.24. The molecule has 0 saturated carbocycles. The summed E-state index contributed by atoms with van der Waals surface area (Å²) in [5, 5.41) is 0. The van der Waals surface area contributed by atoms with Gasteiger partial charge in [0.25, 0.3) is 0 Å². The maximum Gasteiger partial charge on any atom is 0.222 e. The van der Waals surface area contributed by atoms with E-state index in [1.807, 2.05) is 24.3 Å². The van der Waals surface area contributed by atoms with Crippen LogP contribution in [-0.2, 0) is 13.0 Å². The third-order valence-electron chi connectivity index (χ3n) is 2.73. The van der Waals surface area contributed by atoms with Gasteiger partial charge >= 0.3 is 0 Å². The highest BCUT2D eigenvalue weighted by Crippen LogP contribution is 2.22. The maximum atomic E-state index is 5.86. The summed E-state index contributed by atoms with van der Waals surface area (Å²) >= 11 is 3.41. The molecule has 2 N–H and O–H groups in total. The van der Waals surface area contributed by atoms with Gasteiger partial charge in [0.2, 0.25) is 5.88 Å². The van der Waals surface area contributed by atoms with E-state index in [1.165, 1.54) is 6.33 Å². The molecule has 0 aliphatic rings. The summed E-state index contributed by atoms with van der Waals surface area (Å²) in [6, 6.07) is 7.99. The monoisotopic (exact) mass is 321 g/mol. The van der Waals surface area contributed by atoms with Gasteiger partial charge in [0.05, 0.1) is 5.56 Å². The summed E-state index contributed by atoms with van der Waals surface area (Å²) in [5.41, 5.74) is 7.84. The summed E-state index contributed by atoms with van der Waals surface area (Å²) < 4.78 is 6.80. The smallest absolute Gasteiger partial charge is 0.222 e. The van der Waals surface area contributed by atoms with Crippen LogP contribution in [0.5, 0.6) is 5.88 Å². The Morgan fingerprint density at radius 2 is 1.95 bits per heavy atom. The minimum Gasteiger partial charge on any atom is -0.472 e.